The van der Waals surface area contributed by atoms with Crippen LogP contribution in [0, 0.1) is 0 Å². The first-order valence-electron chi connectivity index (χ1n) is 7.32. The molecule has 0 aromatic heterocycles. The zero-order valence-corrected chi connectivity index (χ0v) is 16.2. The maximum absolute atomic E-state index is 2.22. The van der Waals surface area contributed by atoms with Crippen LogP contribution in [0.2, 0.25) is 0 Å². The molecule has 0 saturated carbocycles. The van der Waals surface area contributed by atoms with Gasteiger partial charge in [-0.3, -0.25) is 0 Å². The first kappa shape index (κ1) is 20.1. The Morgan fingerprint density at radius 1 is 0.476 bits per heavy atom. The predicted molar refractivity (Wildman–Crippen MR) is 90.3 cm³/mol. The maximum Gasteiger partial charge on any atom is 0 e. The van der Waals surface area contributed by atoms with Gasteiger partial charge in [-0.2, -0.15) is 0 Å². The Bertz CT molecular complexity index is 437. The van der Waals surface area contributed by atoms with Crippen LogP contribution in [0.3, 0.4) is 0 Å². The van der Waals surface area contributed by atoms with Crippen LogP contribution in [0.25, 0.3) is 0 Å². The molecular weight excluding hydrogens is 336 g/mol. The second kappa shape index (κ2) is 8.54. The van der Waals surface area contributed by atoms with Crippen LogP contribution in [-0.4, -0.2) is 0 Å². The summed E-state index contributed by atoms with van der Waals surface area (Å²) in [7, 11) is 0. The second-order valence-electron chi connectivity index (χ2n) is 7.23. The minimum atomic E-state index is 0. The normalized spacial score (nSPS) is 11.0. The molecule has 0 aliphatic carbocycles. The van der Waals surface area contributed by atoms with Gasteiger partial charge in [0.1, 0.15) is 0 Å². The smallest absolute Gasteiger partial charge is 0 e. The van der Waals surface area contributed by atoms with E-state index in [1.165, 1.54) is 11.1 Å². The fourth-order valence-corrected chi connectivity index (χ4v) is 1.88. The molecule has 0 N–H and O–H groups in total. The van der Waals surface area contributed by atoms with Crippen molar-refractivity contribution in [2.24, 2.45) is 0 Å². The first-order chi connectivity index (χ1) is 9.21. The van der Waals surface area contributed by atoms with Gasteiger partial charge in [0.25, 0.3) is 0 Å². The van der Waals surface area contributed by atoms with E-state index in [2.05, 4.69) is 102 Å². The van der Waals surface area contributed by atoms with E-state index in [1.54, 1.807) is 0 Å². The fourth-order valence-electron chi connectivity index (χ4n) is 1.88. The Morgan fingerprint density at radius 2 is 0.714 bits per heavy atom. The minimum absolute atomic E-state index is 0. The molecule has 0 aliphatic rings. The van der Waals surface area contributed by atoms with Crippen LogP contribution in [0.5, 0.6) is 0 Å². The molecule has 0 heterocycles. The molecule has 0 amide bonds. The Labute approximate surface area is 145 Å². The number of benzene rings is 2. The summed E-state index contributed by atoms with van der Waals surface area (Å²) in [5, 5.41) is 0. The van der Waals surface area contributed by atoms with Crippen molar-refractivity contribution in [3.63, 3.8) is 0 Å². The van der Waals surface area contributed by atoms with Crippen LogP contribution in [0.4, 0.5) is 0 Å². The number of hydrogen-bond donors (Lipinski definition) is 0. The molecule has 2 rings (SSSR count). The first-order valence-corrected chi connectivity index (χ1v) is 7.32. The van der Waals surface area contributed by atoms with Crippen LogP contribution in [-0.2, 0) is 31.9 Å². The fraction of sp³-hybridized carbons (Fsp3) is 0.400. The number of hydrogen-bond acceptors (Lipinski definition) is 0. The van der Waals surface area contributed by atoms with Gasteiger partial charge in [-0.25, -0.2) is 0 Å². The van der Waals surface area contributed by atoms with E-state index in [1.807, 2.05) is 0 Å². The van der Waals surface area contributed by atoms with E-state index in [0.717, 1.165) is 0 Å². The molecule has 0 unspecified atom stereocenters. The predicted octanol–water partition coefficient (Wildman–Crippen LogP) is 5.97. The van der Waals surface area contributed by atoms with Gasteiger partial charge >= 0.3 is 0 Å². The van der Waals surface area contributed by atoms with E-state index >= 15 is 0 Å². The molecule has 0 saturated heterocycles. The topological polar surface area (TPSA) is 0 Å². The molecule has 1 heteroatoms. The van der Waals surface area contributed by atoms with E-state index < -0.39 is 0 Å². The van der Waals surface area contributed by atoms with E-state index in [-0.39, 0.29) is 21.1 Å². The van der Waals surface area contributed by atoms with Crippen molar-refractivity contribution in [1.82, 2.24) is 0 Å². The number of rotatable bonds is 0. The average Bonchev–Trinajstić information content (AvgIpc) is 2.40. The summed E-state index contributed by atoms with van der Waals surface area (Å²) in [6.07, 6.45) is 0. The quantitative estimate of drug-likeness (QED) is 0.506. The summed E-state index contributed by atoms with van der Waals surface area (Å²) in [6.45, 7) is 13.3. The zero-order valence-electron chi connectivity index (χ0n) is 14.2. The molecule has 0 bridgehead atoms. The Hall–Kier alpha value is -0.872. The standard InChI is InChI=1S/2C10H14.Mo/c2*1-10(2,3)9-7-5-4-6-8-9;/h2*4-8H,1-3H3;. The molecule has 21 heavy (non-hydrogen) atoms. The third-order valence-corrected chi connectivity index (χ3v) is 3.28. The summed E-state index contributed by atoms with van der Waals surface area (Å²) in [5.74, 6) is 0. The van der Waals surface area contributed by atoms with Gasteiger partial charge in [0.05, 0.1) is 0 Å². The summed E-state index contributed by atoms with van der Waals surface area (Å²) in [5.41, 5.74) is 3.38. The van der Waals surface area contributed by atoms with Crippen molar-refractivity contribution in [2.75, 3.05) is 0 Å². The van der Waals surface area contributed by atoms with E-state index in [0.29, 0.717) is 10.8 Å². The van der Waals surface area contributed by atoms with Gasteiger partial charge in [-0.15, -0.1) is 0 Å². The maximum atomic E-state index is 2.22. The van der Waals surface area contributed by atoms with Crippen molar-refractivity contribution < 1.29 is 21.1 Å². The van der Waals surface area contributed by atoms with Gasteiger partial charge in [-0.05, 0) is 22.0 Å². The Balaban J connectivity index is 0.000000364. The zero-order chi connectivity index (χ0) is 15.2. The van der Waals surface area contributed by atoms with E-state index in [9.17, 15) is 0 Å². The van der Waals surface area contributed by atoms with Crippen molar-refractivity contribution in [1.29, 1.82) is 0 Å². The molecule has 0 fully saturated rings. The van der Waals surface area contributed by atoms with Crippen molar-refractivity contribution in [3.05, 3.63) is 71.8 Å². The third-order valence-electron chi connectivity index (χ3n) is 3.28. The van der Waals surface area contributed by atoms with Gasteiger partial charge in [0.2, 0.25) is 0 Å². The molecule has 2 aromatic rings. The molecule has 0 nitrogen and oxygen atoms in total. The summed E-state index contributed by atoms with van der Waals surface area (Å²) < 4.78 is 0. The monoisotopic (exact) mass is 366 g/mol. The van der Waals surface area contributed by atoms with Crippen LogP contribution >= 0.6 is 0 Å². The van der Waals surface area contributed by atoms with Crippen LogP contribution < -0.4 is 0 Å². The molecule has 0 radical (unpaired) electrons. The second-order valence-corrected chi connectivity index (χ2v) is 7.23. The van der Waals surface area contributed by atoms with Crippen molar-refractivity contribution in [3.8, 4) is 0 Å². The summed E-state index contributed by atoms with van der Waals surface area (Å²) >= 11 is 0. The molecule has 0 atom stereocenters. The molecular formula is C20H28Mo. The van der Waals surface area contributed by atoms with E-state index in [4.69, 9.17) is 0 Å². The van der Waals surface area contributed by atoms with Crippen LogP contribution in [0.1, 0.15) is 52.7 Å². The summed E-state index contributed by atoms with van der Waals surface area (Å²) in [4.78, 5) is 0. The molecule has 114 valence electrons. The van der Waals surface area contributed by atoms with Gasteiger partial charge in [0.15, 0.2) is 0 Å². The largest absolute Gasteiger partial charge is 0.0622 e. The Morgan fingerprint density at radius 3 is 0.857 bits per heavy atom. The van der Waals surface area contributed by atoms with Gasteiger partial charge in [0, 0.05) is 21.1 Å². The van der Waals surface area contributed by atoms with Crippen LogP contribution in [0.15, 0.2) is 60.7 Å². The minimum Gasteiger partial charge on any atom is -0.0622 e. The summed E-state index contributed by atoms with van der Waals surface area (Å²) in [6, 6.07) is 21.1. The molecule has 2 aromatic carbocycles. The average molecular weight is 364 g/mol. The third kappa shape index (κ3) is 7.63. The Kier molecular flexibility index (Phi) is 8.19. The van der Waals surface area contributed by atoms with Gasteiger partial charge < -0.3 is 0 Å². The SMILES string of the molecule is CC(C)(C)c1ccccc1.CC(C)(C)c1ccccc1.[Mo]. The molecule has 0 spiro atoms. The molecule has 0 aliphatic heterocycles. The van der Waals surface area contributed by atoms with Crippen molar-refractivity contribution in [2.45, 2.75) is 52.4 Å². The van der Waals surface area contributed by atoms with Gasteiger partial charge in [-0.1, -0.05) is 102 Å². The van der Waals surface area contributed by atoms with Crippen molar-refractivity contribution >= 4 is 0 Å².